The molecule has 1 aliphatic heterocycles. The summed E-state index contributed by atoms with van der Waals surface area (Å²) in [6.45, 7) is 6.02. The molecule has 1 heterocycles. The maximum Gasteiger partial charge on any atom is 0.490 e. The summed E-state index contributed by atoms with van der Waals surface area (Å²) in [6, 6.07) is -1.41. The first-order valence-electron chi connectivity index (χ1n) is 11.6. The quantitative estimate of drug-likeness (QED) is 0.136. The number of aliphatic imine (C=N–C) groups is 1. The topological polar surface area (TPSA) is 187 Å². The Bertz CT molecular complexity index is 771. The van der Waals surface area contributed by atoms with Crippen LogP contribution in [-0.2, 0) is 23.9 Å². The molecule has 0 aromatic carbocycles. The fraction of sp³-hybridized carbons (Fsp3) is 0.727. The molecule has 14 heteroatoms. The van der Waals surface area contributed by atoms with Crippen LogP contribution in [0.3, 0.4) is 0 Å². The van der Waals surface area contributed by atoms with Gasteiger partial charge < -0.3 is 36.5 Å². The summed E-state index contributed by atoms with van der Waals surface area (Å²) < 4.78 is 43.5. The molecular weight excluding hydrogens is 489 g/mol. The van der Waals surface area contributed by atoms with Crippen molar-refractivity contribution >= 4 is 23.8 Å². The third-order valence-corrected chi connectivity index (χ3v) is 5.03. The molecule has 0 saturated carbocycles. The third-order valence-electron chi connectivity index (χ3n) is 5.03. The summed E-state index contributed by atoms with van der Waals surface area (Å²) >= 11 is 0. The minimum absolute atomic E-state index is 0.201. The van der Waals surface area contributed by atoms with Crippen LogP contribution < -0.4 is 16.8 Å². The zero-order valence-electron chi connectivity index (χ0n) is 20.7. The molecule has 0 fully saturated rings. The van der Waals surface area contributed by atoms with E-state index in [0.717, 1.165) is 12.8 Å². The first-order valence-corrected chi connectivity index (χ1v) is 11.6. The summed E-state index contributed by atoms with van der Waals surface area (Å²) in [7, 11) is 0. The van der Waals surface area contributed by atoms with E-state index in [1.165, 1.54) is 38.7 Å². The van der Waals surface area contributed by atoms with Crippen molar-refractivity contribution in [2.24, 2.45) is 16.5 Å². The molecule has 1 rings (SSSR count). The summed E-state index contributed by atoms with van der Waals surface area (Å²) in [4.78, 5) is 36.3. The highest BCUT2D eigenvalue weighted by molar-refractivity contribution is 5.85. The van der Waals surface area contributed by atoms with Crippen LogP contribution in [0.15, 0.2) is 16.8 Å². The van der Waals surface area contributed by atoms with E-state index >= 15 is 0 Å². The highest BCUT2D eigenvalue weighted by Gasteiger charge is 2.42. The number of ether oxygens (including phenoxy) is 2. The van der Waals surface area contributed by atoms with Crippen molar-refractivity contribution in [1.82, 2.24) is 5.32 Å². The van der Waals surface area contributed by atoms with Gasteiger partial charge in [0.15, 0.2) is 5.96 Å². The summed E-state index contributed by atoms with van der Waals surface area (Å²) in [6.07, 6.45) is 2.48. The molecule has 0 saturated heterocycles. The van der Waals surface area contributed by atoms with Crippen LogP contribution in [0.25, 0.3) is 0 Å². The van der Waals surface area contributed by atoms with Crippen LogP contribution in [0.2, 0.25) is 0 Å². The number of aliphatic carboxylic acids is 2. The smallest absolute Gasteiger partial charge is 0.478 e. The molecule has 0 aromatic rings. The van der Waals surface area contributed by atoms with Gasteiger partial charge in [-0.1, -0.05) is 46.0 Å². The number of hydrogen-bond donors (Lipinski definition) is 5. The molecule has 0 aromatic heterocycles. The van der Waals surface area contributed by atoms with Gasteiger partial charge in [-0.15, -0.1) is 0 Å². The number of carbonyl (C=O) groups excluding carboxylic acids is 1. The summed E-state index contributed by atoms with van der Waals surface area (Å²) in [5.74, 6) is -4.73. The lowest BCUT2D eigenvalue weighted by Crippen LogP contribution is -2.57. The fourth-order valence-electron chi connectivity index (χ4n) is 3.40. The van der Waals surface area contributed by atoms with E-state index in [4.69, 9.17) is 30.8 Å². The highest BCUT2D eigenvalue weighted by Crippen LogP contribution is 2.26. The van der Waals surface area contributed by atoms with Gasteiger partial charge in [0.2, 0.25) is 11.7 Å². The molecule has 0 aliphatic carbocycles. The van der Waals surface area contributed by atoms with Crippen LogP contribution in [0, 0.1) is 0 Å². The summed E-state index contributed by atoms with van der Waals surface area (Å²) in [5.41, 5.74) is 11.0. The monoisotopic (exact) mass is 526 g/mol. The third kappa shape index (κ3) is 13.2. The molecule has 7 N–H and O–H groups in total. The van der Waals surface area contributed by atoms with E-state index < -0.39 is 42.4 Å². The lowest BCUT2D eigenvalue weighted by atomic mass is 9.93. The summed E-state index contributed by atoms with van der Waals surface area (Å²) in [5, 5.41) is 19.3. The number of amides is 1. The predicted octanol–water partition coefficient (Wildman–Crippen LogP) is 2.29. The standard InChI is InChI=1S/C20H36N4O5.C2HF3O2/c1-4-6-7-8-9-10-11-28-15(5-2)18-17(23-13(3)25)14(24-20(21)22)12-16(29-18)19(26)27;3-2(4,5)1(6)7/h12,14-15,17-18H,4-11H2,1-3H3,(H,23,25)(H,26,27)(H4,21,22,24);(H,6,7)/t14-,15+,17+,18-;/m0./s1. The van der Waals surface area contributed by atoms with Gasteiger partial charge in [0.05, 0.1) is 18.2 Å². The average molecular weight is 527 g/mol. The Labute approximate surface area is 208 Å². The van der Waals surface area contributed by atoms with Crippen molar-refractivity contribution in [3.63, 3.8) is 0 Å². The largest absolute Gasteiger partial charge is 0.490 e. The second kappa shape index (κ2) is 16.6. The van der Waals surface area contributed by atoms with E-state index in [-0.39, 0.29) is 17.6 Å². The molecule has 36 heavy (non-hydrogen) atoms. The molecule has 4 atom stereocenters. The van der Waals surface area contributed by atoms with Gasteiger partial charge in [-0.2, -0.15) is 13.2 Å². The maximum atomic E-state index is 11.7. The number of alkyl halides is 3. The molecule has 11 nitrogen and oxygen atoms in total. The Morgan fingerprint density at radius 1 is 1.14 bits per heavy atom. The van der Waals surface area contributed by atoms with Gasteiger partial charge in [-0.05, 0) is 18.9 Å². The van der Waals surface area contributed by atoms with Gasteiger partial charge in [0.1, 0.15) is 6.10 Å². The lowest BCUT2D eigenvalue weighted by Gasteiger charge is -2.39. The van der Waals surface area contributed by atoms with Crippen LogP contribution in [0.1, 0.15) is 65.7 Å². The number of guanidine groups is 1. The number of carboxylic acid groups (broad SMARTS) is 2. The highest BCUT2D eigenvalue weighted by atomic mass is 19.4. The number of carboxylic acids is 2. The maximum absolute atomic E-state index is 11.7. The van der Waals surface area contributed by atoms with Crippen LogP contribution in [0.4, 0.5) is 13.2 Å². The number of halogens is 3. The average Bonchev–Trinajstić information content (AvgIpc) is 2.76. The van der Waals surface area contributed by atoms with Crippen molar-refractivity contribution in [3.8, 4) is 0 Å². The first kappa shape index (κ1) is 33.0. The minimum atomic E-state index is -5.08. The first-order chi connectivity index (χ1) is 16.7. The van der Waals surface area contributed by atoms with E-state index in [9.17, 15) is 27.9 Å². The number of carbonyl (C=O) groups is 3. The predicted molar refractivity (Wildman–Crippen MR) is 125 cm³/mol. The van der Waals surface area contributed by atoms with E-state index in [2.05, 4.69) is 17.2 Å². The second-order valence-corrected chi connectivity index (χ2v) is 8.08. The SMILES string of the molecule is CCCCCCCCO[C@H](CC)[C@@H]1OC(C(=O)O)=C[C@H](N=C(N)N)[C@H]1NC(C)=O.O=C(O)C(F)(F)F. The lowest BCUT2D eigenvalue weighted by molar-refractivity contribution is -0.192. The molecule has 208 valence electrons. The van der Waals surface area contributed by atoms with Crippen molar-refractivity contribution in [1.29, 1.82) is 0 Å². The molecule has 0 unspecified atom stereocenters. The Morgan fingerprint density at radius 3 is 2.14 bits per heavy atom. The number of nitrogens with one attached hydrogen (secondary N) is 1. The molecule has 0 spiro atoms. The number of rotatable bonds is 13. The van der Waals surface area contributed by atoms with E-state index in [1.807, 2.05) is 6.92 Å². The molecule has 1 aliphatic rings. The Morgan fingerprint density at radius 2 is 1.69 bits per heavy atom. The van der Waals surface area contributed by atoms with Gasteiger partial charge in [0, 0.05) is 13.5 Å². The van der Waals surface area contributed by atoms with Gasteiger partial charge in [-0.3, -0.25) is 4.79 Å². The molecular formula is C22H37F3N4O7. The number of nitrogens with zero attached hydrogens (tertiary/aromatic N) is 1. The van der Waals surface area contributed by atoms with Gasteiger partial charge >= 0.3 is 18.1 Å². The second-order valence-electron chi connectivity index (χ2n) is 8.08. The number of hydrogen-bond acceptors (Lipinski definition) is 6. The number of unbranched alkanes of at least 4 members (excludes halogenated alkanes) is 5. The van der Waals surface area contributed by atoms with Crippen molar-refractivity contribution in [2.75, 3.05) is 6.61 Å². The van der Waals surface area contributed by atoms with Crippen molar-refractivity contribution < 1.29 is 47.2 Å². The fourth-order valence-corrected chi connectivity index (χ4v) is 3.40. The van der Waals surface area contributed by atoms with E-state index in [1.54, 1.807) is 0 Å². The molecule has 0 bridgehead atoms. The van der Waals surface area contributed by atoms with Crippen LogP contribution >= 0.6 is 0 Å². The van der Waals surface area contributed by atoms with E-state index in [0.29, 0.717) is 13.0 Å². The van der Waals surface area contributed by atoms with Gasteiger partial charge in [-0.25, -0.2) is 14.6 Å². The zero-order chi connectivity index (χ0) is 27.9. The normalized spacial score (nSPS) is 20.1. The number of nitrogens with two attached hydrogens (primary N) is 2. The van der Waals surface area contributed by atoms with Crippen LogP contribution in [-0.4, -0.2) is 71.1 Å². The van der Waals surface area contributed by atoms with Crippen molar-refractivity contribution in [2.45, 2.75) is 96.2 Å². The Kier molecular flexibility index (Phi) is 15.2. The van der Waals surface area contributed by atoms with Crippen LogP contribution in [0.5, 0.6) is 0 Å². The Balaban J connectivity index is 0.00000152. The molecule has 0 radical (unpaired) electrons. The Hall–Kier alpha value is -3.03. The van der Waals surface area contributed by atoms with Gasteiger partial charge in [0.25, 0.3) is 0 Å². The molecule has 1 amide bonds. The minimum Gasteiger partial charge on any atom is -0.478 e. The zero-order valence-corrected chi connectivity index (χ0v) is 20.7. The van der Waals surface area contributed by atoms with Crippen molar-refractivity contribution in [3.05, 3.63) is 11.8 Å².